The van der Waals surface area contributed by atoms with Gasteiger partial charge in [0.15, 0.2) is 5.75 Å². The van der Waals surface area contributed by atoms with Gasteiger partial charge in [-0.15, -0.1) is 0 Å². The Morgan fingerprint density at radius 1 is 1.47 bits per heavy atom. The second-order valence-electron chi connectivity index (χ2n) is 4.79. The number of anilines is 1. The summed E-state index contributed by atoms with van der Waals surface area (Å²) in [5.41, 5.74) is 5.87. The molecule has 3 N–H and O–H groups in total. The van der Waals surface area contributed by atoms with Crippen molar-refractivity contribution in [2.75, 3.05) is 12.4 Å². The van der Waals surface area contributed by atoms with Crippen molar-refractivity contribution in [3.05, 3.63) is 21.6 Å². The van der Waals surface area contributed by atoms with E-state index < -0.39 is 5.54 Å². The van der Waals surface area contributed by atoms with E-state index in [9.17, 15) is 4.79 Å². The summed E-state index contributed by atoms with van der Waals surface area (Å²) in [5, 5.41) is 3.34. The van der Waals surface area contributed by atoms with Gasteiger partial charge in [0.25, 0.3) is 0 Å². The Bertz CT molecular complexity index is 502. The van der Waals surface area contributed by atoms with Crippen LogP contribution in [-0.2, 0) is 4.79 Å². The Balaban J connectivity index is 2.25. The first-order valence-electron chi connectivity index (χ1n) is 6.09. The van der Waals surface area contributed by atoms with Gasteiger partial charge in [0, 0.05) is 5.02 Å². The molecule has 0 radical (unpaired) electrons. The van der Waals surface area contributed by atoms with Gasteiger partial charge in [-0.2, -0.15) is 0 Å². The number of rotatable bonds is 3. The van der Waals surface area contributed by atoms with Crippen LogP contribution in [0.4, 0.5) is 5.69 Å². The van der Waals surface area contributed by atoms with E-state index in [4.69, 9.17) is 22.1 Å². The highest BCUT2D eigenvalue weighted by Gasteiger charge is 2.37. The Morgan fingerprint density at radius 2 is 2.11 bits per heavy atom. The number of benzene rings is 1. The van der Waals surface area contributed by atoms with Gasteiger partial charge in [0.1, 0.15) is 0 Å². The number of halogens is 2. The number of ether oxygens (including phenoxy) is 1. The van der Waals surface area contributed by atoms with Crippen molar-refractivity contribution >= 4 is 39.1 Å². The molecular formula is C13H16BrClN2O2. The fourth-order valence-electron chi connectivity index (χ4n) is 2.34. The van der Waals surface area contributed by atoms with Gasteiger partial charge in [-0.05, 0) is 40.9 Å². The number of nitrogens with one attached hydrogen (secondary N) is 1. The quantitative estimate of drug-likeness (QED) is 0.881. The number of methoxy groups -OCH3 is 1. The van der Waals surface area contributed by atoms with Crippen LogP contribution in [0.2, 0.25) is 5.02 Å². The summed E-state index contributed by atoms with van der Waals surface area (Å²) < 4.78 is 5.96. The van der Waals surface area contributed by atoms with Gasteiger partial charge in [-0.1, -0.05) is 24.4 Å². The predicted octanol–water partition coefficient (Wildman–Crippen LogP) is 3.32. The summed E-state index contributed by atoms with van der Waals surface area (Å²) in [6, 6.07) is 3.37. The molecule has 0 atom stereocenters. The lowest BCUT2D eigenvalue weighted by atomic mass is 9.98. The maximum absolute atomic E-state index is 12.3. The topological polar surface area (TPSA) is 64.3 Å². The normalized spacial score (nSPS) is 17.3. The fraction of sp³-hybridized carbons (Fsp3) is 0.462. The van der Waals surface area contributed by atoms with E-state index in [2.05, 4.69) is 21.2 Å². The van der Waals surface area contributed by atoms with Crippen molar-refractivity contribution in [1.29, 1.82) is 0 Å². The first-order chi connectivity index (χ1) is 8.96. The molecule has 6 heteroatoms. The lowest BCUT2D eigenvalue weighted by Gasteiger charge is -2.23. The van der Waals surface area contributed by atoms with Crippen LogP contribution in [-0.4, -0.2) is 18.6 Å². The van der Waals surface area contributed by atoms with Crippen molar-refractivity contribution in [2.24, 2.45) is 5.73 Å². The standard InChI is InChI=1S/C13H16BrClN2O2/c1-19-11-9(14)6-8(15)7-10(11)17-12(18)13(16)4-2-3-5-13/h6-7H,2-5,16H2,1H3,(H,17,18). The van der Waals surface area contributed by atoms with Gasteiger partial charge >= 0.3 is 0 Å². The minimum Gasteiger partial charge on any atom is -0.493 e. The average Bonchev–Trinajstić information content (AvgIpc) is 2.77. The lowest BCUT2D eigenvalue weighted by molar-refractivity contribution is -0.121. The highest BCUT2D eigenvalue weighted by atomic mass is 79.9. The van der Waals surface area contributed by atoms with Crippen molar-refractivity contribution in [3.8, 4) is 5.75 Å². The van der Waals surface area contributed by atoms with E-state index in [1.165, 1.54) is 7.11 Å². The maximum atomic E-state index is 12.3. The van der Waals surface area contributed by atoms with Crippen LogP contribution in [0.3, 0.4) is 0 Å². The smallest absolute Gasteiger partial charge is 0.244 e. The minimum absolute atomic E-state index is 0.183. The molecule has 0 unspecified atom stereocenters. The molecule has 4 nitrogen and oxygen atoms in total. The fourth-order valence-corrected chi connectivity index (χ4v) is 3.31. The van der Waals surface area contributed by atoms with Crippen LogP contribution in [0.15, 0.2) is 16.6 Å². The SMILES string of the molecule is COc1c(Br)cc(Cl)cc1NC(=O)C1(N)CCCC1. The van der Waals surface area contributed by atoms with Crippen LogP contribution >= 0.6 is 27.5 Å². The van der Waals surface area contributed by atoms with E-state index in [0.717, 1.165) is 12.8 Å². The third-order valence-corrected chi connectivity index (χ3v) is 4.22. The molecule has 1 fully saturated rings. The summed E-state index contributed by atoms with van der Waals surface area (Å²) >= 11 is 9.34. The number of carbonyl (C=O) groups is 1. The van der Waals surface area contributed by atoms with Crippen molar-refractivity contribution < 1.29 is 9.53 Å². The third kappa shape index (κ3) is 3.04. The molecule has 2 rings (SSSR count). The molecule has 1 aliphatic rings. The highest BCUT2D eigenvalue weighted by molar-refractivity contribution is 9.10. The molecule has 1 aromatic rings. The Kier molecular flexibility index (Phi) is 4.38. The van der Waals surface area contributed by atoms with Crippen LogP contribution in [0, 0.1) is 0 Å². The first kappa shape index (κ1) is 14.6. The monoisotopic (exact) mass is 346 g/mol. The van der Waals surface area contributed by atoms with Gasteiger partial charge < -0.3 is 15.8 Å². The molecule has 0 saturated heterocycles. The molecule has 1 aliphatic carbocycles. The first-order valence-corrected chi connectivity index (χ1v) is 7.27. The molecule has 1 amide bonds. The van der Waals surface area contributed by atoms with E-state index in [1.54, 1.807) is 12.1 Å². The van der Waals surface area contributed by atoms with E-state index in [-0.39, 0.29) is 5.91 Å². The molecule has 0 aliphatic heterocycles. The molecule has 1 saturated carbocycles. The van der Waals surface area contributed by atoms with Crippen molar-refractivity contribution in [2.45, 2.75) is 31.2 Å². The second kappa shape index (κ2) is 5.69. The van der Waals surface area contributed by atoms with Crippen LogP contribution in [0.25, 0.3) is 0 Å². The van der Waals surface area contributed by atoms with Gasteiger partial charge in [0.05, 0.1) is 22.8 Å². The minimum atomic E-state index is -0.778. The Hall–Kier alpha value is -0.780. The third-order valence-electron chi connectivity index (χ3n) is 3.41. The Morgan fingerprint density at radius 3 is 2.68 bits per heavy atom. The van der Waals surface area contributed by atoms with Crippen LogP contribution in [0.5, 0.6) is 5.75 Å². The number of carbonyl (C=O) groups excluding carboxylic acids is 1. The van der Waals surface area contributed by atoms with Crippen LogP contribution in [0.1, 0.15) is 25.7 Å². The number of hydrogen-bond donors (Lipinski definition) is 2. The van der Waals surface area contributed by atoms with Gasteiger partial charge in [0.2, 0.25) is 5.91 Å². The van der Waals surface area contributed by atoms with Gasteiger partial charge in [-0.25, -0.2) is 0 Å². The van der Waals surface area contributed by atoms with E-state index in [0.29, 0.717) is 33.8 Å². The molecule has 1 aromatic carbocycles. The lowest BCUT2D eigenvalue weighted by Crippen LogP contribution is -2.48. The molecule has 0 spiro atoms. The molecule has 104 valence electrons. The summed E-state index contributed by atoms with van der Waals surface area (Å²) in [7, 11) is 1.54. The largest absolute Gasteiger partial charge is 0.493 e. The number of hydrogen-bond acceptors (Lipinski definition) is 3. The molecular weight excluding hydrogens is 332 g/mol. The van der Waals surface area contributed by atoms with Crippen molar-refractivity contribution in [1.82, 2.24) is 0 Å². The van der Waals surface area contributed by atoms with Crippen molar-refractivity contribution in [3.63, 3.8) is 0 Å². The highest BCUT2D eigenvalue weighted by Crippen LogP contribution is 2.37. The second-order valence-corrected chi connectivity index (χ2v) is 6.08. The van der Waals surface area contributed by atoms with Gasteiger partial charge in [-0.3, -0.25) is 4.79 Å². The number of amides is 1. The zero-order valence-electron chi connectivity index (χ0n) is 10.6. The zero-order valence-corrected chi connectivity index (χ0v) is 13.0. The molecule has 0 heterocycles. The zero-order chi connectivity index (χ0) is 14.0. The molecule has 0 aromatic heterocycles. The predicted molar refractivity (Wildman–Crippen MR) is 79.7 cm³/mol. The average molecular weight is 348 g/mol. The summed E-state index contributed by atoms with van der Waals surface area (Å²) in [6.45, 7) is 0. The molecule has 19 heavy (non-hydrogen) atoms. The molecule has 0 bridgehead atoms. The summed E-state index contributed by atoms with van der Waals surface area (Å²) in [5.74, 6) is 0.358. The summed E-state index contributed by atoms with van der Waals surface area (Å²) in [6.07, 6.45) is 3.40. The maximum Gasteiger partial charge on any atom is 0.244 e. The number of nitrogens with two attached hydrogens (primary N) is 1. The van der Waals surface area contributed by atoms with E-state index >= 15 is 0 Å². The Labute approximate surface area is 125 Å². The summed E-state index contributed by atoms with van der Waals surface area (Å²) in [4.78, 5) is 12.3. The van der Waals surface area contributed by atoms with Crippen LogP contribution < -0.4 is 15.8 Å². The van der Waals surface area contributed by atoms with E-state index in [1.807, 2.05) is 0 Å².